The van der Waals surface area contributed by atoms with Gasteiger partial charge in [0.25, 0.3) is 0 Å². The number of hydrogen-bond donors (Lipinski definition) is 2. The Morgan fingerprint density at radius 2 is 2.26 bits per heavy atom. The molecule has 104 valence electrons. The SMILES string of the molecule is CCCC[C@@H]1CNCCN1c1ccccc1C(=O)O. The minimum Gasteiger partial charge on any atom is -0.478 e. The average Bonchev–Trinajstić information content (AvgIpc) is 2.45. The van der Waals surface area contributed by atoms with Crippen LogP contribution in [0.5, 0.6) is 0 Å². The first-order chi connectivity index (χ1) is 9.24. The van der Waals surface area contributed by atoms with Crippen molar-refractivity contribution in [2.45, 2.75) is 32.2 Å². The first-order valence-corrected chi connectivity index (χ1v) is 7.03. The van der Waals surface area contributed by atoms with Gasteiger partial charge < -0.3 is 15.3 Å². The van der Waals surface area contributed by atoms with Gasteiger partial charge in [-0.05, 0) is 18.6 Å². The molecule has 1 fully saturated rings. The molecule has 0 unspecified atom stereocenters. The highest BCUT2D eigenvalue weighted by Crippen LogP contribution is 2.25. The van der Waals surface area contributed by atoms with E-state index in [0.29, 0.717) is 11.6 Å². The van der Waals surface area contributed by atoms with Crippen LogP contribution in [0, 0.1) is 0 Å². The molecule has 0 amide bonds. The van der Waals surface area contributed by atoms with E-state index in [9.17, 15) is 9.90 Å². The zero-order chi connectivity index (χ0) is 13.7. The fraction of sp³-hybridized carbons (Fsp3) is 0.533. The van der Waals surface area contributed by atoms with E-state index >= 15 is 0 Å². The highest BCUT2D eigenvalue weighted by molar-refractivity contribution is 5.94. The van der Waals surface area contributed by atoms with Crippen LogP contribution in [0.25, 0.3) is 0 Å². The maximum absolute atomic E-state index is 11.3. The van der Waals surface area contributed by atoms with Crippen LogP contribution < -0.4 is 10.2 Å². The normalized spacial score (nSPS) is 19.4. The van der Waals surface area contributed by atoms with Crippen molar-refractivity contribution in [3.63, 3.8) is 0 Å². The van der Waals surface area contributed by atoms with Crippen molar-refractivity contribution in [3.05, 3.63) is 29.8 Å². The second-order valence-electron chi connectivity index (χ2n) is 5.02. The van der Waals surface area contributed by atoms with Crippen molar-refractivity contribution in [2.24, 2.45) is 0 Å². The van der Waals surface area contributed by atoms with Crippen LogP contribution in [0.1, 0.15) is 36.5 Å². The van der Waals surface area contributed by atoms with Crippen molar-refractivity contribution >= 4 is 11.7 Å². The number of carbonyl (C=O) groups is 1. The molecule has 4 nitrogen and oxygen atoms in total. The standard InChI is InChI=1S/C15H22N2O2/c1-2-3-6-12-11-16-9-10-17(12)14-8-5-4-7-13(14)15(18)19/h4-5,7-8,12,16H,2-3,6,9-11H2,1H3,(H,18,19)/t12-/m1/s1. The first-order valence-electron chi connectivity index (χ1n) is 7.03. The molecule has 1 aromatic rings. The van der Waals surface area contributed by atoms with Gasteiger partial charge in [-0.15, -0.1) is 0 Å². The minimum absolute atomic E-state index is 0.397. The Hall–Kier alpha value is -1.55. The van der Waals surface area contributed by atoms with Gasteiger partial charge in [-0.25, -0.2) is 4.79 Å². The maximum atomic E-state index is 11.3. The van der Waals surface area contributed by atoms with Crippen LogP contribution in [0.2, 0.25) is 0 Å². The summed E-state index contributed by atoms with van der Waals surface area (Å²) >= 11 is 0. The van der Waals surface area contributed by atoms with Crippen LogP contribution in [-0.4, -0.2) is 36.8 Å². The van der Waals surface area contributed by atoms with Gasteiger partial charge in [-0.1, -0.05) is 31.9 Å². The number of benzene rings is 1. The number of carboxylic acids is 1. The zero-order valence-electron chi connectivity index (χ0n) is 11.4. The Labute approximate surface area is 114 Å². The van der Waals surface area contributed by atoms with Gasteiger partial charge in [0.2, 0.25) is 0 Å². The summed E-state index contributed by atoms with van der Waals surface area (Å²) in [5.74, 6) is -0.844. The van der Waals surface area contributed by atoms with Crippen molar-refractivity contribution < 1.29 is 9.90 Å². The second-order valence-corrected chi connectivity index (χ2v) is 5.02. The van der Waals surface area contributed by atoms with Gasteiger partial charge in [0.15, 0.2) is 0 Å². The molecule has 4 heteroatoms. The lowest BCUT2D eigenvalue weighted by Crippen LogP contribution is -2.51. The number of carboxylic acid groups (broad SMARTS) is 1. The predicted molar refractivity (Wildman–Crippen MR) is 76.9 cm³/mol. The summed E-state index contributed by atoms with van der Waals surface area (Å²) in [6.07, 6.45) is 3.46. The lowest BCUT2D eigenvalue weighted by Gasteiger charge is -2.38. The fourth-order valence-corrected chi connectivity index (χ4v) is 2.68. The molecule has 1 aliphatic rings. The van der Waals surface area contributed by atoms with Crippen LogP contribution in [0.3, 0.4) is 0 Å². The van der Waals surface area contributed by atoms with E-state index in [-0.39, 0.29) is 0 Å². The van der Waals surface area contributed by atoms with E-state index in [1.165, 1.54) is 12.8 Å². The third kappa shape index (κ3) is 3.26. The zero-order valence-corrected chi connectivity index (χ0v) is 11.4. The van der Waals surface area contributed by atoms with Gasteiger partial charge in [0.1, 0.15) is 0 Å². The Morgan fingerprint density at radius 3 is 3.00 bits per heavy atom. The number of piperazine rings is 1. The van der Waals surface area contributed by atoms with E-state index < -0.39 is 5.97 Å². The molecule has 0 aromatic heterocycles. The number of hydrogen-bond acceptors (Lipinski definition) is 3. The van der Waals surface area contributed by atoms with Gasteiger partial charge in [0, 0.05) is 25.7 Å². The molecular weight excluding hydrogens is 240 g/mol. The Balaban J connectivity index is 2.24. The molecule has 0 spiro atoms. The first kappa shape index (κ1) is 13.9. The Morgan fingerprint density at radius 1 is 1.47 bits per heavy atom. The highest BCUT2D eigenvalue weighted by atomic mass is 16.4. The lowest BCUT2D eigenvalue weighted by atomic mass is 10.0. The van der Waals surface area contributed by atoms with Crippen LogP contribution in [0.15, 0.2) is 24.3 Å². The molecule has 0 bridgehead atoms. The van der Waals surface area contributed by atoms with Gasteiger partial charge >= 0.3 is 5.97 Å². The third-order valence-corrected chi connectivity index (χ3v) is 3.69. The number of para-hydroxylation sites is 1. The third-order valence-electron chi connectivity index (χ3n) is 3.69. The lowest BCUT2D eigenvalue weighted by molar-refractivity contribution is 0.0697. The van der Waals surface area contributed by atoms with E-state index in [4.69, 9.17) is 0 Å². The monoisotopic (exact) mass is 262 g/mol. The molecule has 19 heavy (non-hydrogen) atoms. The van der Waals surface area contributed by atoms with Crippen LogP contribution in [0.4, 0.5) is 5.69 Å². The van der Waals surface area contributed by atoms with E-state index in [1.807, 2.05) is 12.1 Å². The minimum atomic E-state index is -0.844. The van der Waals surface area contributed by atoms with Crippen molar-refractivity contribution in [3.8, 4) is 0 Å². The maximum Gasteiger partial charge on any atom is 0.337 e. The van der Waals surface area contributed by atoms with Crippen molar-refractivity contribution in [2.75, 3.05) is 24.5 Å². The summed E-state index contributed by atoms with van der Waals surface area (Å²) in [6.45, 7) is 4.91. The highest BCUT2D eigenvalue weighted by Gasteiger charge is 2.25. The quantitative estimate of drug-likeness (QED) is 0.855. The number of rotatable bonds is 5. The largest absolute Gasteiger partial charge is 0.478 e. The summed E-state index contributed by atoms with van der Waals surface area (Å²) in [5, 5.41) is 12.7. The van der Waals surface area contributed by atoms with Gasteiger partial charge in [-0.2, -0.15) is 0 Å². The molecule has 1 aromatic carbocycles. The average molecular weight is 262 g/mol. The van der Waals surface area contributed by atoms with Crippen LogP contribution >= 0.6 is 0 Å². The van der Waals surface area contributed by atoms with Gasteiger partial charge in [0.05, 0.1) is 11.3 Å². The molecular formula is C15H22N2O2. The molecule has 1 aliphatic heterocycles. The number of unbranched alkanes of at least 4 members (excludes halogenated alkanes) is 1. The van der Waals surface area contributed by atoms with Crippen molar-refractivity contribution in [1.29, 1.82) is 0 Å². The summed E-state index contributed by atoms with van der Waals surface area (Å²) in [7, 11) is 0. The summed E-state index contributed by atoms with van der Waals surface area (Å²) in [5.41, 5.74) is 1.27. The number of nitrogens with one attached hydrogen (secondary N) is 1. The number of anilines is 1. The second kappa shape index (κ2) is 6.57. The van der Waals surface area contributed by atoms with E-state index in [0.717, 1.165) is 31.7 Å². The number of nitrogens with zero attached hydrogens (tertiary/aromatic N) is 1. The summed E-state index contributed by atoms with van der Waals surface area (Å²) in [4.78, 5) is 13.6. The molecule has 1 saturated heterocycles. The molecule has 1 heterocycles. The Kier molecular flexibility index (Phi) is 4.80. The molecule has 0 radical (unpaired) electrons. The summed E-state index contributed by atoms with van der Waals surface area (Å²) < 4.78 is 0. The van der Waals surface area contributed by atoms with Gasteiger partial charge in [-0.3, -0.25) is 0 Å². The molecule has 0 saturated carbocycles. The van der Waals surface area contributed by atoms with E-state index in [1.54, 1.807) is 12.1 Å². The van der Waals surface area contributed by atoms with Crippen molar-refractivity contribution in [1.82, 2.24) is 5.32 Å². The molecule has 1 atom stereocenters. The molecule has 2 N–H and O–H groups in total. The smallest absolute Gasteiger partial charge is 0.337 e. The number of aromatic carboxylic acids is 1. The summed E-state index contributed by atoms with van der Waals surface area (Å²) in [6, 6.07) is 7.72. The van der Waals surface area contributed by atoms with E-state index in [2.05, 4.69) is 17.1 Å². The molecule has 2 rings (SSSR count). The fourth-order valence-electron chi connectivity index (χ4n) is 2.68. The van der Waals surface area contributed by atoms with Crippen LogP contribution in [-0.2, 0) is 0 Å². The molecule has 0 aliphatic carbocycles. The topological polar surface area (TPSA) is 52.6 Å². The predicted octanol–water partition coefficient (Wildman–Crippen LogP) is 2.35. The Bertz CT molecular complexity index is 434.